The molecule has 5 heteroatoms. The molecule has 1 aliphatic heterocycles. The lowest BCUT2D eigenvalue weighted by Crippen LogP contribution is -2.12. The van der Waals surface area contributed by atoms with Crippen molar-refractivity contribution < 1.29 is 19.4 Å². The molecule has 1 aliphatic rings. The molecule has 2 rings (SSSR count). The summed E-state index contributed by atoms with van der Waals surface area (Å²) in [5.74, 6) is -0.0490. The minimum absolute atomic E-state index is 0.0626. The molecule has 0 radical (unpaired) electrons. The molecule has 1 N–H and O–H groups in total. The Morgan fingerprint density at radius 1 is 1.58 bits per heavy atom. The van der Waals surface area contributed by atoms with Crippen LogP contribution in [0.2, 0.25) is 0 Å². The van der Waals surface area contributed by atoms with E-state index in [4.69, 9.17) is 9.47 Å². The fraction of sp³-hybridized carbons (Fsp3) is 0.643. The first-order valence-electron chi connectivity index (χ1n) is 6.46. The Labute approximate surface area is 117 Å². The average molecular weight is 284 g/mol. The van der Waals surface area contributed by atoms with Gasteiger partial charge in [0.1, 0.15) is 5.75 Å². The van der Waals surface area contributed by atoms with Crippen LogP contribution in [0.3, 0.4) is 0 Å². The number of carboxylic acid groups (broad SMARTS) is 1. The van der Waals surface area contributed by atoms with Crippen LogP contribution in [-0.2, 0) is 10.2 Å². The molecule has 1 saturated heterocycles. The highest BCUT2D eigenvalue weighted by atomic mass is 32.1. The Hall–Kier alpha value is -1.07. The molecule has 0 aliphatic carbocycles. The third kappa shape index (κ3) is 3.48. The Bertz CT molecular complexity index is 453. The van der Waals surface area contributed by atoms with Crippen molar-refractivity contribution in [2.75, 3.05) is 19.8 Å². The molecule has 2 heterocycles. The van der Waals surface area contributed by atoms with Gasteiger partial charge in [-0.25, -0.2) is 4.79 Å². The third-order valence-corrected chi connectivity index (χ3v) is 4.66. The van der Waals surface area contributed by atoms with Gasteiger partial charge >= 0.3 is 5.97 Å². The first kappa shape index (κ1) is 14.3. The predicted octanol–water partition coefficient (Wildman–Crippen LogP) is 3.16. The topological polar surface area (TPSA) is 55.8 Å². The smallest absolute Gasteiger partial charge is 0.349 e. The fourth-order valence-corrected chi connectivity index (χ4v) is 2.92. The predicted molar refractivity (Wildman–Crippen MR) is 74.4 cm³/mol. The van der Waals surface area contributed by atoms with Gasteiger partial charge in [-0.15, -0.1) is 11.3 Å². The molecule has 4 nitrogen and oxygen atoms in total. The molecule has 0 amide bonds. The van der Waals surface area contributed by atoms with Crippen molar-refractivity contribution >= 4 is 17.3 Å². The maximum absolute atomic E-state index is 11.3. The summed E-state index contributed by atoms with van der Waals surface area (Å²) in [6, 6.07) is 1.87. The molecule has 1 fully saturated rings. The molecule has 0 bridgehead atoms. The van der Waals surface area contributed by atoms with Crippen molar-refractivity contribution in [1.82, 2.24) is 0 Å². The van der Waals surface area contributed by atoms with Gasteiger partial charge < -0.3 is 14.6 Å². The zero-order valence-corrected chi connectivity index (χ0v) is 12.4. The highest BCUT2D eigenvalue weighted by Gasteiger charge is 2.25. The number of carboxylic acids is 1. The Kier molecular flexibility index (Phi) is 4.16. The maximum Gasteiger partial charge on any atom is 0.349 e. The van der Waals surface area contributed by atoms with Gasteiger partial charge in [-0.1, -0.05) is 20.8 Å². The second-order valence-corrected chi connectivity index (χ2v) is 6.95. The van der Waals surface area contributed by atoms with E-state index in [1.807, 2.05) is 6.07 Å². The molecule has 1 atom stereocenters. The van der Waals surface area contributed by atoms with Gasteiger partial charge in [0.2, 0.25) is 0 Å². The maximum atomic E-state index is 11.3. The average Bonchev–Trinajstić information content (AvgIpc) is 2.94. The van der Waals surface area contributed by atoms with E-state index in [2.05, 4.69) is 20.8 Å². The first-order valence-corrected chi connectivity index (χ1v) is 7.27. The first-order chi connectivity index (χ1) is 8.88. The van der Waals surface area contributed by atoms with Crippen molar-refractivity contribution in [1.29, 1.82) is 0 Å². The molecular weight excluding hydrogens is 264 g/mol. The lowest BCUT2D eigenvalue weighted by atomic mass is 9.95. The van der Waals surface area contributed by atoms with E-state index in [-0.39, 0.29) is 5.41 Å². The van der Waals surface area contributed by atoms with Gasteiger partial charge in [0.25, 0.3) is 0 Å². The van der Waals surface area contributed by atoms with E-state index in [1.165, 1.54) is 11.3 Å². The van der Waals surface area contributed by atoms with Gasteiger partial charge in [0.05, 0.1) is 13.2 Å². The van der Waals surface area contributed by atoms with Crippen LogP contribution in [-0.4, -0.2) is 30.9 Å². The fourth-order valence-electron chi connectivity index (χ4n) is 1.92. The van der Waals surface area contributed by atoms with Crippen LogP contribution in [0.5, 0.6) is 5.75 Å². The van der Waals surface area contributed by atoms with Crippen LogP contribution >= 0.6 is 11.3 Å². The summed E-state index contributed by atoms with van der Waals surface area (Å²) < 4.78 is 11.0. The molecule has 106 valence electrons. The summed E-state index contributed by atoms with van der Waals surface area (Å²) in [6.07, 6.45) is 0.985. The van der Waals surface area contributed by atoms with Gasteiger partial charge in [0, 0.05) is 17.4 Å². The Morgan fingerprint density at radius 3 is 2.84 bits per heavy atom. The summed E-state index contributed by atoms with van der Waals surface area (Å²) in [5, 5.41) is 9.24. The molecule has 1 aromatic heterocycles. The monoisotopic (exact) mass is 284 g/mol. The lowest BCUT2D eigenvalue weighted by molar-refractivity contribution is 0.0697. The minimum Gasteiger partial charge on any atom is -0.491 e. The van der Waals surface area contributed by atoms with Crippen LogP contribution in [0.1, 0.15) is 41.7 Å². The standard InChI is InChI=1S/C14H20O4S/c1-14(2,3)11-6-10(12(19-11)13(15)16)18-8-9-4-5-17-7-9/h6,9H,4-5,7-8H2,1-3H3,(H,15,16). The van der Waals surface area contributed by atoms with Crippen LogP contribution < -0.4 is 4.74 Å². The Balaban J connectivity index is 2.13. The molecule has 0 aromatic carbocycles. The summed E-state index contributed by atoms with van der Waals surface area (Å²) >= 11 is 1.30. The van der Waals surface area contributed by atoms with Crippen molar-refractivity contribution in [2.24, 2.45) is 5.92 Å². The second kappa shape index (κ2) is 5.51. The van der Waals surface area contributed by atoms with Crippen LogP contribution in [0.25, 0.3) is 0 Å². The van der Waals surface area contributed by atoms with Gasteiger partial charge in [-0.2, -0.15) is 0 Å². The number of rotatable bonds is 4. The van der Waals surface area contributed by atoms with Crippen LogP contribution in [0.15, 0.2) is 6.07 Å². The largest absolute Gasteiger partial charge is 0.491 e. The minimum atomic E-state index is -0.918. The number of carbonyl (C=O) groups is 1. The van der Waals surface area contributed by atoms with E-state index in [1.54, 1.807) is 0 Å². The van der Waals surface area contributed by atoms with Crippen molar-refractivity contribution in [3.63, 3.8) is 0 Å². The number of hydrogen-bond donors (Lipinski definition) is 1. The number of ether oxygens (including phenoxy) is 2. The van der Waals surface area contributed by atoms with Crippen molar-refractivity contribution in [2.45, 2.75) is 32.6 Å². The van der Waals surface area contributed by atoms with E-state index in [0.717, 1.165) is 17.9 Å². The third-order valence-electron chi connectivity index (χ3n) is 3.13. The van der Waals surface area contributed by atoms with E-state index < -0.39 is 5.97 Å². The molecular formula is C14H20O4S. The van der Waals surface area contributed by atoms with Crippen molar-refractivity contribution in [3.8, 4) is 5.75 Å². The molecule has 19 heavy (non-hydrogen) atoms. The Morgan fingerprint density at radius 2 is 2.32 bits per heavy atom. The molecule has 1 aromatic rings. The van der Waals surface area contributed by atoms with Gasteiger partial charge in [0.15, 0.2) is 4.88 Å². The summed E-state index contributed by atoms with van der Waals surface area (Å²) in [5.41, 5.74) is -0.0626. The summed E-state index contributed by atoms with van der Waals surface area (Å²) in [6.45, 7) is 8.22. The number of hydrogen-bond acceptors (Lipinski definition) is 4. The quantitative estimate of drug-likeness (QED) is 0.922. The SMILES string of the molecule is CC(C)(C)c1cc(OCC2CCOC2)c(C(=O)O)s1. The van der Waals surface area contributed by atoms with E-state index in [0.29, 0.717) is 29.8 Å². The van der Waals surface area contributed by atoms with Gasteiger partial charge in [-0.3, -0.25) is 0 Å². The summed E-state index contributed by atoms with van der Waals surface area (Å²) in [4.78, 5) is 12.6. The number of thiophene rings is 1. The molecule has 0 saturated carbocycles. The zero-order valence-electron chi connectivity index (χ0n) is 11.6. The zero-order chi connectivity index (χ0) is 14.0. The van der Waals surface area contributed by atoms with E-state index >= 15 is 0 Å². The molecule has 1 unspecified atom stereocenters. The highest BCUT2D eigenvalue weighted by Crippen LogP contribution is 2.37. The number of aromatic carboxylic acids is 1. The normalized spacial score (nSPS) is 19.6. The van der Waals surface area contributed by atoms with E-state index in [9.17, 15) is 9.90 Å². The van der Waals surface area contributed by atoms with Crippen LogP contribution in [0.4, 0.5) is 0 Å². The second-order valence-electron chi connectivity index (χ2n) is 5.90. The van der Waals surface area contributed by atoms with Crippen molar-refractivity contribution in [3.05, 3.63) is 15.8 Å². The molecule has 0 spiro atoms. The van der Waals surface area contributed by atoms with Gasteiger partial charge in [-0.05, 0) is 17.9 Å². The van der Waals surface area contributed by atoms with Crippen LogP contribution in [0, 0.1) is 5.92 Å². The lowest BCUT2D eigenvalue weighted by Gasteiger charge is -2.15. The highest BCUT2D eigenvalue weighted by molar-refractivity contribution is 7.14. The summed E-state index contributed by atoms with van der Waals surface area (Å²) in [7, 11) is 0.